The minimum absolute atomic E-state index is 0.0932. The largest absolute Gasteiger partial charge is 0.385 e. The molecule has 23 heavy (non-hydrogen) atoms. The molecule has 5 nitrogen and oxygen atoms in total. The number of para-hydroxylation sites is 2. The summed E-state index contributed by atoms with van der Waals surface area (Å²) in [5.41, 5.74) is 0.427. The van der Waals surface area contributed by atoms with Gasteiger partial charge in [-0.05, 0) is 25.0 Å². The van der Waals surface area contributed by atoms with Crippen LogP contribution < -0.4 is 4.90 Å². The molecule has 3 rings (SSSR count). The van der Waals surface area contributed by atoms with Gasteiger partial charge in [-0.15, -0.1) is 0 Å². The molecule has 0 atom stereocenters. The van der Waals surface area contributed by atoms with E-state index in [9.17, 15) is 15.2 Å². The first-order valence-electron chi connectivity index (χ1n) is 7.47. The van der Waals surface area contributed by atoms with Crippen molar-refractivity contribution in [3.05, 3.63) is 69.2 Å². The first-order valence-corrected chi connectivity index (χ1v) is 7.85. The number of rotatable bonds is 3. The van der Waals surface area contributed by atoms with E-state index < -0.39 is 5.60 Å². The lowest BCUT2D eigenvalue weighted by molar-refractivity contribution is -0.384. The Kier molecular flexibility index (Phi) is 4.24. The van der Waals surface area contributed by atoms with Crippen LogP contribution in [0, 0.1) is 10.1 Å². The van der Waals surface area contributed by atoms with Crippen molar-refractivity contribution in [1.29, 1.82) is 0 Å². The first-order chi connectivity index (χ1) is 11.0. The molecule has 1 aliphatic heterocycles. The third-order valence-corrected chi connectivity index (χ3v) is 4.71. The van der Waals surface area contributed by atoms with Crippen molar-refractivity contribution in [1.82, 2.24) is 0 Å². The summed E-state index contributed by atoms with van der Waals surface area (Å²) < 4.78 is 0. The lowest BCUT2D eigenvalue weighted by atomic mass is 9.84. The Morgan fingerprint density at radius 3 is 2.35 bits per heavy atom. The smallest absolute Gasteiger partial charge is 0.292 e. The Bertz CT molecular complexity index is 727. The second kappa shape index (κ2) is 6.18. The number of benzene rings is 2. The molecule has 0 spiro atoms. The fraction of sp³-hybridized carbons (Fsp3) is 0.294. The van der Waals surface area contributed by atoms with Crippen LogP contribution in [0.3, 0.4) is 0 Å². The average molecular weight is 333 g/mol. The minimum Gasteiger partial charge on any atom is -0.385 e. The molecule has 2 aromatic rings. The van der Waals surface area contributed by atoms with Gasteiger partial charge in [0.15, 0.2) is 0 Å². The molecule has 2 aromatic carbocycles. The molecule has 120 valence electrons. The maximum atomic E-state index is 11.2. The van der Waals surface area contributed by atoms with E-state index in [0.717, 1.165) is 5.56 Å². The van der Waals surface area contributed by atoms with Crippen molar-refractivity contribution in [3.63, 3.8) is 0 Å². The maximum Gasteiger partial charge on any atom is 0.292 e. The van der Waals surface area contributed by atoms with Crippen LogP contribution in [0.4, 0.5) is 11.4 Å². The van der Waals surface area contributed by atoms with Gasteiger partial charge >= 0.3 is 0 Å². The highest BCUT2D eigenvalue weighted by Crippen LogP contribution is 2.39. The third-order valence-electron chi connectivity index (χ3n) is 4.38. The summed E-state index contributed by atoms with van der Waals surface area (Å²) in [5.74, 6) is 0. The van der Waals surface area contributed by atoms with Gasteiger partial charge in [-0.1, -0.05) is 41.9 Å². The predicted molar refractivity (Wildman–Crippen MR) is 89.9 cm³/mol. The number of nitro benzene ring substituents is 1. The van der Waals surface area contributed by atoms with Gasteiger partial charge in [0.1, 0.15) is 5.69 Å². The van der Waals surface area contributed by atoms with Gasteiger partial charge in [-0.2, -0.15) is 0 Å². The molecule has 6 heteroatoms. The molecule has 0 bridgehead atoms. The molecule has 1 N–H and O–H groups in total. The van der Waals surface area contributed by atoms with Crippen molar-refractivity contribution < 1.29 is 10.0 Å². The minimum atomic E-state index is -0.988. The normalized spacial score (nSPS) is 17.0. The lowest BCUT2D eigenvalue weighted by Gasteiger charge is -2.39. The van der Waals surface area contributed by atoms with Gasteiger partial charge in [-0.25, -0.2) is 0 Å². The summed E-state index contributed by atoms with van der Waals surface area (Å²) in [7, 11) is 0. The van der Waals surface area contributed by atoms with Gasteiger partial charge in [-0.3, -0.25) is 10.1 Å². The molecule has 1 heterocycles. The van der Waals surface area contributed by atoms with Crippen LogP contribution in [0.15, 0.2) is 48.5 Å². The van der Waals surface area contributed by atoms with Crippen LogP contribution in [0.5, 0.6) is 0 Å². The molecule has 0 amide bonds. The number of anilines is 1. The van der Waals surface area contributed by atoms with Crippen LogP contribution in [0.1, 0.15) is 18.4 Å². The number of hydrogen-bond donors (Lipinski definition) is 1. The van der Waals surface area contributed by atoms with Gasteiger partial charge in [0, 0.05) is 29.7 Å². The van der Waals surface area contributed by atoms with Crippen LogP contribution in [-0.4, -0.2) is 23.1 Å². The molecule has 1 saturated heterocycles. The van der Waals surface area contributed by atoms with Gasteiger partial charge in [0.2, 0.25) is 0 Å². The fourth-order valence-electron chi connectivity index (χ4n) is 3.11. The highest BCUT2D eigenvalue weighted by Gasteiger charge is 2.36. The Labute approximate surface area is 139 Å². The van der Waals surface area contributed by atoms with E-state index in [4.69, 9.17) is 11.6 Å². The van der Waals surface area contributed by atoms with E-state index in [1.165, 1.54) is 6.07 Å². The number of halogens is 1. The monoisotopic (exact) mass is 332 g/mol. The van der Waals surface area contributed by atoms with E-state index in [-0.39, 0.29) is 10.6 Å². The topological polar surface area (TPSA) is 66.6 Å². The van der Waals surface area contributed by atoms with Crippen molar-refractivity contribution in [3.8, 4) is 0 Å². The summed E-state index contributed by atoms with van der Waals surface area (Å²) in [6, 6.07) is 14.0. The van der Waals surface area contributed by atoms with E-state index in [0.29, 0.717) is 36.6 Å². The Balaban J connectivity index is 1.82. The number of hydrogen-bond acceptors (Lipinski definition) is 4. The van der Waals surface area contributed by atoms with E-state index >= 15 is 0 Å². The zero-order valence-corrected chi connectivity index (χ0v) is 13.2. The van der Waals surface area contributed by atoms with Gasteiger partial charge in [0.05, 0.1) is 10.5 Å². The molecule has 0 aromatic heterocycles. The van der Waals surface area contributed by atoms with Crippen LogP contribution >= 0.6 is 11.6 Å². The van der Waals surface area contributed by atoms with Crippen molar-refractivity contribution in [2.45, 2.75) is 18.4 Å². The number of aliphatic hydroxyl groups is 1. The fourth-order valence-corrected chi connectivity index (χ4v) is 3.42. The van der Waals surface area contributed by atoms with Crippen molar-refractivity contribution in [2.24, 2.45) is 0 Å². The molecular formula is C17H17ClN2O3. The SMILES string of the molecule is O=[N+]([O-])c1ccccc1N1CCC(O)(c2ccccc2Cl)CC1. The molecule has 0 radical (unpaired) electrons. The Hall–Kier alpha value is -2.11. The van der Waals surface area contributed by atoms with Gasteiger partial charge in [0.25, 0.3) is 5.69 Å². The average Bonchev–Trinajstić information content (AvgIpc) is 2.56. The summed E-state index contributed by atoms with van der Waals surface area (Å²) in [5, 5.41) is 22.6. The van der Waals surface area contributed by atoms with Crippen molar-refractivity contribution >= 4 is 23.0 Å². The molecular weight excluding hydrogens is 316 g/mol. The highest BCUT2D eigenvalue weighted by molar-refractivity contribution is 6.31. The first kappa shape index (κ1) is 15.8. The standard InChI is InChI=1S/C17H17ClN2O3/c18-14-6-2-1-5-13(14)17(21)9-11-19(12-10-17)15-7-3-4-8-16(15)20(22)23/h1-8,21H,9-12H2. The van der Waals surface area contributed by atoms with E-state index in [1.54, 1.807) is 24.3 Å². The van der Waals surface area contributed by atoms with E-state index in [1.807, 2.05) is 23.1 Å². The summed E-state index contributed by atoms with van der Waals surface area (Å²) in [6.07, 6.45) is 0.950. The maximum absolute atomic E-state index is 11.2. The number of nitro groups is 1. The van der Waals surface area contributed by atoms with E-state index in [2.05, 4.69) is 0 Å². The number of piperidine rings is 1. The highest BCUT2D eigenvalue weighted by atomic mass is 35.5. The summed E-state index contributed by atoms with van der Waals surface area (Å²) >= 11 is 6.20. The van der Waals surface area contributed by atoms with Crippen molar-refractivity contribution in [2.75, 3.05) is 18.0 Å². The summed E-state index contributed by atoms with van der Waals surface area (Å²) in [4.78, 5) is 12.7. The third kappa shape index (κ3) is 3.02. The second-order valence-corrected chi connectivity index (χ2v) is 6.15. The molecule has 0 saturated carbocycles. The predicted octanol–water partition coefficient (Wildman–Crippen LogP) is 3.74. The summed E-state index contributed by atoms with van der Waals surface area (Å²) in [6.45, 7) is 1.07. The molecule has 0 unspecified atom stereocenters. The zero-order chi connectivity index (χ0) is 16.4. The molecule has 1 fully saturated rings. The number of nitrogens with zero attached hydrogens (tertiary/aromatic N) is 2. The lowest BCUT2D eigenvalue weighted by Crippen LogP contribution is -2.43. The second-order valence-electron chi connectivity index (χ2n) is 5.74. The molecule has 1 aliphatic rings. The zero-order valence-electron chi connectivity index (χ0n) is 12.5. The van der Waals surface area contributed by atoms with Crippen LogP contribution in [-0.2, 0) is 5.60 Å². The molecule has 0 aliphatic carbocycles. The Morgan fingerprint density at radius 2 is 1.70 bits per heavy atom. The Morgan fingerprint density at radius 1 is 1.09 bits per heavy atom. The quantitative estimate of drug-likeness (QED) is 0.687. The van der Waals surface area contributed by atoms with Crippen LogP contribution in [0.2, 0.25) is 5.02 Å². The van der Waals surface area contributed by atoms with Crippen LogP contribution in [0.25, 0.3) is 0 Å². The van der Waals surface area contributed by atoms with Gasteiger partial charge < -0.3 is 10.0 Å².